The lowest BCUT2D eigenvalue weighted by Crippen LogP contribution is -2.43. The Labute approximate surface area is 152 Å². The molecule has 1 aliphatic heterocycles. The average molecular weight is 358 g/mol. The van der Waals surface area contributed by atoms with Crippen LogP contribution in [0.3, 0.4) is 0 Å². The summed E-state index contributed by atoms with van der Waals surface area (Å²) in [5, 5.41) is 3.52. The molecule has 1 aromatic carbocycles. The summed E-state index contributed by atoms with van der Waals surface area (Å²) in [5.41, 5.74) is 1.28. The molecule has 7 nitrogen and oxygen atoms in total. The van der Waals surface area contributed by atoms with Gasteiger partial charge in [0.05, 0.1) is 13.2 Å². The lowest BCUT2D eigenvalue weighted by molar-refractivity contribution is 0.0333. The molecule has 0 amide bonds. The molecule has 0 bridgehead atoms. The van der Waals surface area contributed by atoms with Crippen LogP contribution < -0.4 is 16.6 Å². The van der Waals surface area contributed by atoms with Crippen LogP contribution in [0.2, 0.25) is 0 Å². The zero-order valence-electron chi connectivity index (χ0n) is 15.4. The molecule has 1 N–H and O–H groups in total. The molecule has 1 saturated heterocycles. The van der Waals surface area contributed by atoms with Crippen molar-refractivity contribution in [2.24, 2.45) is 14.1 Å². The van der Waals surface area contributed by atoms with Gasteiger partial charge in [0.15, 0.2) is 0 Å². The molecule has 1 aliphatic rings. The van der Waals surface area contributed by atoms with E-state index in [9.17, 15) is 9.59 Å². The van der Waals surface area contributed by atoms with Crippen molar-refractivity contribution in [1.29, 1.82) is 0 Å². The Kier molecular flexibility index (Phi) is 6.03. The third kappa shape index (κ3) is 4.30. The molecule has 2 aromatic rings. The summed E-state index contributed by atoms with van der Waals surface area (Å²) in [6.45, 7) is 4.64. The smallest absolute Gasteiger partial charge is 0.330 e. The van der Waals surface area contributed by atoms with Gasteiger partial charge in [-0.2, -0.15) is 0 Å². The molecule has 26 heavy (non-hydrogen) atoms. The van der Waals surface area contributed by atoms with Gasteiger partial charge in [0.1, 0.15) is 0 Å². The molecule has 140 valence electrons. The molecule has 3 rings (SSSR count). The maximum atomic E-state index is 12.1. The van der Waals surface area contributed by atoms with Crippen molar-refractivity contribution in [1.82, 2.24) is 19.4 Å². The number of morpholine rings is 1. The highest BCUT2D eigenvalue weighted by Gasteiger charge is 2.18. The van der Waals surface area contributed by atoms with E-state index in [0.29, 0.717) is 12.2 Å². The number of aromatic nitrogens is 2. The molecular weight excluding hydrogens is 332 g/mol. The monoisotopic (exact) mass is 358 g/mol. The maximum Gasteiger partial charge on any atom is 0.330 e. The predicted octanol–water partition coefficient (Wildman–Crippen LogP) is 0.247. The van der Waals surface area contributed by atoms with E-state index < -0.39 is 0 Å². The minimum atomic E-state index is -0.307. The molecule has 2 heterocycles. The third-order valence-electron chi connectivity index (χ3n) is 4.90. The SMILES string of the molecule is Cn1c(CN[C@@H](CN2CCOCC2)c2ccccc2)cc(=O)n(C)c1=O. The molecule has 0 saturated carbocycles. The van der Waals surface area contributed by atoms with Crippen molar-refractivity contribution in [3.05, 3.63) is 68.5 Å². The van der Waals surface area contributed by atoms with E-state index in [2.05, 4.69) is 22.3 Å². The number of benzene rings is 1. The Morgan fingerprint density at radius 1 is 1.08 bits per heavy atom. The first-order valence-electron chi connectivity index (χ1n) is 8.90. The first-order valence-corrected chi connectivity index (χ1v) is 8.90. The summed E-state index contributed by atoms with van der Waals surface area (Å²) in [6, 6.07) is 11.9. The highest BCUT2D eigenvalue weighted by Crippen LogP contribution is 2.15. The van der Waals surface area contributed by atoms with Crippen molar-refractivity contribution < 1.29 is 4.74 Å². The van der Waals surface area contributed by atoms with Crippen LogP contribution in [0.1, 0.15) is 17.3 Å². The van der Waals surface area contributed by atoms with Gasteiger partial charge in [-0.3, -0.25) is 18.8 Å². The number of nitrogens with one attached hydrogen (secondary N) is 1. The quantitative estimate of drug-likeness (QED) is 0.802. The molecule has 1 atom stereocenters. The fourth-order valence-electron chi connectivity index (χ4n) is 3.19. The summed E-state index contributed by atoms with van der Waals surface area (Å²) in [7, 11) is 3.19. The van der Waals surface area contributed by atoms with Gasteiger partial charge < -0.3 is 10.1 Å². The third-order valence-corrected chi connectivity index (χ3v) is 4.90. The summed E-state index contributed by atoms with van der Waals surface area (Å²) in [6.07, 6.45) is 0. The van der Waals surface area contributed by atoms with E-state index in [1.807, 2.05) is 18.2 Å². The van der Waals surface area contributed by atoms with Crippen LogP contribution in [0, 0.1) is 0 Å². The van der Waals surface area contributed by atoms with Crippen molar-refractivity contribution >= 4 is 0 Å². The largest absolute Gasteiger partial charge is 0.379 e. The Balaban J connectivity index is 1.78. The van der Waals surface area contributed by atoms with E-state index in [1.54, 1.807) is 7.05 Å². The fourth-order valence-corrected chi connectivity index (χ4v) is 3.19. The van der Waals surface area contributed by atoms with E-state index in [-0.39, 0.29) is 17.3 Å². The summed E-state index contributed by atoms with van der Waals surface area (Å²) < 4.78 is 8.07. The average Bonchev–Trinajstić information content (AvgIpc) is 2.68. The number of hydrogen-bond donors (Lipinski definition) is 1. The molecule has 7 heteroatoms. The second kappa shape index (κ2) is 8.44. The molecule has 0 aliphatic carbocycles. The molecule has 1 fully saturated rings. The number of nitrogens with zero attached hydrogens (tertiary/aromatic N) is 3. The highest BCUT2D eigenvalue weighted by atomic mass is 16.5. The van der Waals surface area contributed by atoms with Gasteiger partial charge >= 0.3 is 5.69 Å². The first kappa shape index (κ1) is 18.6. The van der Waals surface area contributed by atoms with E-state index in [4.69, 9.17) is 4.74 Å². The maximum absolute atomic E-state index is 12.1. The van der Waals surface area contributed by atoms with E-state index in [0.717, 1.165) is 37.4 Å². The van der Waals surface area contributed by atoms with Crippen molar-refractivity contribution in [2.45, 2.75) is 12.6 Å². The van der Waals surface area contributed by atoms with Gasteiger partial charge in [0.25, 0.3) is 5.56 Å². The normalized spacial score (nSPS) is 16.5. The Morgan fingerprint density at radius 2 is 1.77 bits per heavy atom. The van der Waals surface area contributed by atoms with E-state index >= 15 is 0 Å². The minimum absolute atomic E-state index is 0.105. The second-order valence-electron chi connectivity index (χ2n) is 6.63. The lowest BCUT2D eigenvalue weighted by atomic mass is 10.1. The first-order chi connectivity index (χ1) is 12.6. The predicted molar refractivity (Wildman–Crippen MR) is 100 cm³/mol. The standard InChI is InChI=1S/C19H26N4O3/c1-21-16(12-18(24)22(2)19(21)25)13-20-17(15-6-4-3-5-7-15)14-23-8-10-26-11-9-23/h3-7,12,17,20H,8-11,13-14H2,1-2H3/t17-/m0/s1. The Bertz CT molecular complexity index is 838. The van der Waals surface area contributed by atoms with Crippen LogP contribution in [-0.4, -0.2) is 46.9 Å². The molecule has 0 radical (unpaired) electrons. The number of rotatable bonds is 6. The lowest BCUT2D eigenvalue weighted by Gasteiger charge is -2.31. The van der Waals surface area contributed by atoms with Crippen LogP contribution in [-0.2, 0) is 25.4 Å². The van der Waals surface area contributed by atoms with Crippen LogP contribution in [0.5, 0.6) is 0 Å². The van der Waals surface area contributed by atoms with Crippen LogP contribution in [0.15, 0.2) is 46.0 Å². The van der Waals surface area contributed by atoms with Gasteiger partial charge in [0.2, 0.25) is 0 Å². The highest BCUT2D eigenvalue weighted by molar-refractivity contribution is 5.19. The van der Waals surface area contributed by atoms with Gasteiger partial charge in [-0.1, -0.05) is 30.3 Å². The summed E-state index contributed by atoms with van der Waals surface area (Å²) >= 11 is 0. The number of hydrogen-bond acceptors (Lipinski definition) is 5. The topological polar surface area (TPSA) is 68.5 Å². The molecule has 0 spiro atoms. The van der Waals surface area contributed by atoms with Crippen molar-refractivity contribution in [2.75, 3.05) is 32.8 Å². The Morgan fingerprint density at radius 3 is 2.46 bits per heavy atom. The van der Waals surface area contributed by atoms with E-state index in [1.165, 1.54) is 23.2 Å². The van der Waals surface area contributed by atoms with Crippen molar-refractivity contribution in [3.63, 3.8) is 0 Å². The molecular formula is C19H26N4O3. The van der Waals surface area contributed by atoms with Crippen LogP contribution >= 0.6 is 0 Å². The van der Waals surface area contributed by atoms with Crippen molar-refractivity contribution in [3.8, 4) is 0 Å². The van der Waals surface area contributed by atoms with Gasteiger partial charge in [0, 0.05) is 58.1 Å². The minimum Gasteiger partial charge on any atom is -0.379 e. The Hall–Kier alpha value is -2.22. The number of ether oxygens (including phenoxy) is 1. The zero-order valence-corrected chi connectivity index (χ0v) is 15.4. The fraction of sp³-hybridized carbons (Fsp3) is 0.474. The van der Waals surface area contributed by atoms with Gasteiger partial charge in [-0.25, -0.2) is 4.79 Å². The summed E-state index contributed by atoms with van der Waals surface area (Å²) in [5.74, 6) is 0. The van der Waals surface area contributed by atoms with Gasteiger partial charge in [-0.15, -0.1) is 0 Å². The second-order valence-corrected chi connectivity index (χ2v) is 6.63. The molecule has 1 aromatic heterocycles. The van der Waals surface area contributed by atoms with Crippen LogP contribution in [0.4, 0.5) is 0 Å². The van der Waals surface area contributed by atoms with Gasteiger partial charge in [-0.05, 0) is 5.56 Å². The summed E-state index contributed by atoms with van der Waals surface area (Å²) in [4.78, 5) is 26.4. The zero-order chi connectivity index (χ0) is 18.5. The van der Waals surface area contributed by atoms with Crippen LogP contribution in [0.25, 0.3) is 0 Å². The molecule has 0 unspecified atom stereocenters.